The number of benzene rings is 3. The predicted octanol–water partition coefficient (Wildman–Crippen LogP) is 5.08. The Kier molecular flexibility index (Phi) is 6.34. The van der Waals surface area contributed by atoms with Crippen molar-refractivity contribution in [3.05, 3.63) is 77.2 Å². The van der Waals surface area contributed by atoms with E-state index in [2.05, 4.69) is 5.32 Å². The summed E-state index contributed by atoms with van der Waals surface area (Å²) in [4.78, 5) is 26.8. The van der Waals surface area contributed by atoms with E-state index >= 15 is 0 Å². The van der Waals surface area contributed by atoms with E-state index < -0.39 is 0 Å². The van der Waals surface area contributed by atoms with Crippen molar-refractivity contribution in [2.45, 2.75) is 6.92 Å². The number of nitrogens with zero attached hydrogens (tertiary/aromatic N) is 1. The van der Waals surface area contributed by atoms with Crippen molar-refractivity contribution in [2.75, 3.05) is 18.5 Å². The number of hydrogen-bond donors (Lipinski definition) is 1. The molecule has 156 valence electrons. The summed E-state index contributed by atoms with van der Waals surface area (Å²) < 4.78 is 6.31. The van der Waals surface area contributed by atoms with Gasteiger partial charge >= 0.3 is 0 Å². The molecule has 0 radical (unpaired) electrons. The molecule has 0 saturated carbocycles. The summed E-state index contributed by atoms with van der Waals surface area (Å²) in [7, 11) is 0. The summed E-state index contributed by atoms with van der Waals surface area (Å²) in [5, 5.41) is 4.86. The standard InChI is InChI=1S/C24H20N2O3S2/c1-2-26-23(28)21(31-24(26)30)14-16-10-12-18(13-11-16)25-22(27)15-29-20-9-5-7-17-6-3-4-8-19(17)20/h3-14H,2,15H2,1H3,(H,25,27)/b21-14+. The van der Waals surface area contributed by atoms with Crippen LogP contribution in [0.1, 0.15) is 12.5 Å². The van der Waals surface area contributed by atoms with Crippen LogP contribution >= 0.6 is 24.0 Å². The van der Waals surface area contributed by atoms with Crippen molar-refractivity contribution in [3.63, 3.8) is 0 Å². The van der Waals surface area contributed by atoms with Crippen LogP contribution in [0.2, 0.25) is 0 Å². The summed E-state index contributed by atoms with van der Waals surface area (Å²) in [6.45, 7) is 2.37. The number of rotatable bonds is 6. The lowest BCUT2D eigenvalue weighted by molar-refractivity contribution is -0.122. The molecule has 3 aromatic rings. The molecule has 4 rings (SSSR count). The molecule has 1 fully saturated rings. The first-order valence-corrected chi connectivity index (χ1v) is 11.0. The topological polar surface area (TPSA) is 58.6 Å². The number of anilines is 1. The van der Waals surface area contributed by atoms with Gasteiger partial charge in [-0.3, -0.25) is 14.5 Å². The second-order valence-corrected chi connectivity index (χ2v) is 8.54. The van der Waals surface area contributed by atoms with Crippen LogP contribution in [0.5, 0.6) is 5.75 Å². The molecular weight excluding hydrogens is 428 g/mol. The number of carbonyl (C=O) groups excluding carboxylic acids is 2. The van der Waals surface area contributed by atoms with Gasteiger partial charge in [0.1, 0.15) is 10.1 Å². The van der Waals surface area contributed by atoms with Gasteiger partial charge in [0.25, 0.3) is 11.8 Å². The highest BCUT2D eigenvalue weighted by Crippen LogP contribution is 2.32. The van der Waals surface area contributed by atoms with Gasteiger partial charge in [0.15, 0.2) is 6.61 Å². The fraction of sp³-hybridized carbons (Fsp3) is 0.125. The Balaban J connectivity index is 1.37. The Morgan fingerprint density at radius 1 is 1.10 bits per heavy atom. The number of ether oxygens (including phenoxy) is 1. The molecule has 0 aromatic heterocycles. The highest BCUT2D eigenvalue weighted by atomic mass is 32.2. The van der Waals surface area contributed by atoms with Crippen LogP contribution in [0.4, 0.5) is 5.69 Å². The van der Waals surface area contributed by atoms with E-state index in [1.165, 1.54) is 11.8 Å². The minimum absolute atomic E-state index is 0.0690. The maximum absolute atomic E-state index is 12.3. The zero-order valence-corrected chi connectivity index (χ0v) is 18.5. The Bertz CT molecular complexity index is 1180. The fourth-order valence-corrected chi connectivity index (χ4v) is 4.63. The number of amides is 2. The Labute approximate surface area is 190 Å². The van der Waals surface area contributed by atoms with Gasteiger partial charge in [-0.05, 0) is 42.1 Å². The van der Waals surface area contributed by atoms with Gasteiger partial charge < -0.3 is 10.1 Å². The molecule has 1 aliphatic heterocycles. The maximum atomic E-state index is 12.3. The van der Waals surface area contributed by atoms with Crippen LogP contribution < -0.4 is 10.1 Å². The van der Waals surface area contributed by atoms with E-state index in [9.17, 15) is 9.59 Å². The second kappa shape index (κ2) is 9.32. The van der Waals surface area contributed by atoms with Crippen LogP contribution in [-0.4, -0.2) is 34.2 Å². The Morgan fingerprint density at radius 2 is 1.84 bits per heavy atom. The van der Waals surface area contributed by atoms with Crippen molar-refractivity contribution in [2.24, 2.45) is 0 Å². The van der Waals surface area contributed by atoms with Crippen molar-refractivity contribution >= 4 is 62.7 Å². The van der Waals surface area contributed by atoms with Crippen LogP contribution in [-0.2, 0) is 9.59 Å². The van der Waals surface area contributed by atoms with Crippen molar-refractivity contribution in [1.82, 2.24) is 4.90 Å². The number of nitrogens with one attached hydrogen (secondary N) is 1. The second-order valence-electron chi connectivity index (χ2n) is 6.86. The first-order chi connectivity index (χ1) is 15.0. The third-order valence-corrected chi connectivity index (χ3v) is 6.17. The van der Waals surface area contributed by atoms with E-state index in [1.54, 1.807) is 17.0 Å². The van der Waals surface area contributed by atoms with E-state index in [1.807, 2.05) is 67.6 Å². The molecule has 1 saturated heterocycles. The number of likely N-dealkylation sites (N-methyl/N-ethyl adjacent to an activating group) is 1. The minimum Gasteiger partial charge on any atom is -0.483 e. The third kappa shape index (κ3) is 4.78. The fourth-order valence-electron chi connectivity index (χ4n) is 3.25. The van der Waals surface area contributed by atoms with Gasteiger partial charge in [-0.2, -0.15) is 0 Å². The highest BCUT2D eigenvalue weighted by molar-refractivity contribution is 8.26. The van der Waals surface area contributed by atoms with Gasteiger partial charge in [-0.1, -0.05) is 72.5 Å². The molecule has 0 atom stereocenters. The normalized spacial score (nSPS) is 15.0. The molecule has 1 N–H and O–H groups in total. The summed E-state index contributed by atoms with van der Waals surface area (Å²) in [5.74, 6) is 0.359. The lowest BCUT2D eigenvalue weighted by Gasteiger charge is -2.10. The maximum Gasteiger partial charge on any atom is 0.266 e. The average molecular weight is 449 g/mol. The quantitative estimate of drug-likeness (QED) is 0.421. The van der Waals surface area contributed by atoms with Gasteiger partial charge in [-0.25, -0.2) is 0 Å². The van der Waals surface area contributed by atoms with Gasteiger partial charge in [0.05, 0.1) is 4.91 Å². The lowest BCUT2D eigenvalue weighted by Crippen LogP contribution is -2.27. The first kappa shape index (κ1) is 21.1. The van der Waals surface area contributed by atoms with Gasteiger partial charge in [0, 0.05) is 17.6 Å². The molecule has 5 nitrogen and oxygen atoms in total. The highest BCUT2D eigenvalue weighted by Gasteiger charge is 2.30. The molecule has 0 bridgehead atoms. The number of thiocarbonyl (C=S) groups is 1. The molecule has 7 heteroatoms. The molecule has 0 aliphatic carbocycles. The summed E-state index contributed by atoms with van der Waals surface area (Å²) in [6.07, 6.45) is 1.81. The first-order valence-electron chi connectivity index (χ1n) is 9.81. The predicted molar refractivity (Wildman–Crippen MR) is 130 cm³/mol. The Hall–Kier alpha value is -3.16. The van der Waals surface area contributed by atoms with E-state index in [0.29, 0.717) is 27.2 Å². The van der Waals surface area contributed by atoms with Gasteiger partial charge in [0.2, 0.25) is 0 Å². The molecule has 31 heavy (non-hydrogen) atoms. The summed E-state index contributed by atoms with van der Waals surface area (Å²) >= 11 is 6.54. The number of fused-ring (bicyclic) bond motifs is 1. The van der Waals surface area contributed by atoms with Crippen LogP contribution in [0.25, 0.3) is 16.8 Å². The molecule has 0 unspecified atom stereocenters. The SMILES string of the molecule is CCN1C(=O)/C(=C\c2ccc(NC(=O)COc3cccc4ccccc34)cc2)SC1=S. The summed E-state index contributed by atoms with van der Waals surface area (Å²) in [5.41, 5.74) is 1.52. The smallest absolute Gasteiger partial charge is 0.266 e. The number of thioether (sulfide) groups is 1. The van der Waals surface area contributed by atoms with Crippen LogP contribution in [0.15, 0.2) is 71.6 Å². The molecule has 3 aromatic carbocycles. The molecular formula is C24H20N2O3S2. The van der Waals surface area contributed by atoms with Crippen LogP contribution in [0.3, 0.4) is 0 Å². The number of carbonyl (C=O) groups is 2. The third-order valence-electron chi connectivity index (χ3n) is 4.79. The van der Waals surface area contributed by atoms with Crippen molar-refractivity contribution < 1.29 is 14.3 Å². The minimum atomic E-state index is -0.246. The van der Waals surface area contributed by atoms with Crippen LogP contribution in [0, 0.1) is 0 Å². The molecule has 2 amide bonds. The van der Waals surface area contributed by atoms with Gasteiger partial charge in [-0.15, -0.1) is 0 Å². The van der Waals surface area contributed by atoms with E-state index in [-0.39, 0.29) is 18.4 Å². The van der Waals surface area contributed by atoms with E-state index in [4.69, 9.17) is 17.0 Å². The Morgan fingerprint density at radius 3 is 2.58 bits per heavy atom. The largest absolute Gasteiger partial charge is 0.483 e. The zero-order valence-electron chi connectivity index (χ0n) is 16.8. The number of hydrogen-bond acceptors (Lipinski definition) is 5. The lowest BCUT2D eigenvalue weighted by atomic mass is 10.1. The molecule has 1 heterocycles. The average Bonchev–Trinajstić information content (AvgIpc) is 3.05. The monoisotopic (exact) mass is 448 g/mol. The molecule has 0 spiro atoms. The summed E-state index contributed by atoms with van der Waals surface area (Å²) in [6, 6.07) is 20.9. The van der Waals surface area contributed by atoms with E-state index in [0.717, 1.165) is 16.3 Å². The van der Waals surface area contributed by atoms with Crippen molar-refractivity contribution in [1.29, 1.82) is 0 Å². The van der Waals surface area contributed by atoms with Crippen molar-refractivity contribution in [3.8, 4) is 5.75 Å². The zero-order chi connectivity index (χ0) is 21.8. The molecule has 1 aliphatic rings.